The number of rotatable bonds is 3. The average molecular weight is 262 g/mol. The molecule has 1 saturated heterocycles. The molecule has 0 aromatic rings. The molecule has 0 aromatic carbocycles. The molecule has 0 N–H and O–H groups in total. The maximum atomic E-state index is 11.3. The van der Waals surface area contributed by atoms with Crippen molar-refractivity contribution in [2.24, 2.45) is 5.92 Å². The Balaban J connectivity index is 1.77. The fourth-order valence-electron chi connectivity index (χ4n) is 2.99. The van der Waals surface area contributed by atoms with Gasteiger partial charge in [-0.15, -0.1) is 0 Å². The van der Waals surface area contributed by atoms with E-state index in [4.69, 9.17) is 0 Å². The lowest BCUT2D eigenvalue weighted by Crippen LogP contribution is -2.48. The van der Waals surface area contributed by atoms with Gasteiger partial charge in [0.1, 0.15) is 0 Å². The Morgan fingerprint density at radius 3 is 2.47 bits per heavy atom. The first-order valence-electron chi connectivity index (χ1n) is 7.37. The van der Waals surface area contributed by atoms with E-state index in [0.717, 1.165) is 39.1 Å². The smallest absolute Gasteiger partial charge is 0.219 e. The first kappa shape index (κ1) is 14.3. The van der Waals surface area contributed by atoms with Crippen molar-refractivity contribution in [3.8, 4) is 0 Å². The number of carbonyl (C=O) groups is 1. The molecule has 0 bridgehead atoms. The van der Waals surface area contributed by atoms with Crippen LogP contribution in [0.2, 0.25) is 0 Å². The van der Waals surface area contributed by atoms with E-state index in [2.05, 4.69) is 24.5 Å². The first-order valence-corrected chi connectivity index (χ1v) is 7.37. The molecule has 106 valence electrons. The fraction of sp³-hybridized carbons (Fsp3) is 0.688. The molecule has 0 aromatic heterocycles. The highest BCUT2D eigenvalue weighted by molar-refractivity contribution is 5.73. The zero-order valence-electron chi connectivity index (χ0n) is 12.3. The zero-order valence-corrected chi connectivity index (χ0v) is 12.3. The first-order chi connectivity index (χ1) is 9.06. The Morgan fingerprint density at radius 1 is 1.32 bits per heavy atom. The molecule has 2 aliphatic rings. The largest absolute Gasteiger partial charge is 0.340 e. The highest BCUT2D eigenvalue weighted by atomic mass is 16.2. The lowest BCUT2D eigenvalue weighted by atomic mass is 9.85. The summed E-state index contributed by atoms with van der Waals surface area (Å²) in [4.78, 5) is 15.7. The van der Waals surface area contributed by atoms with Crippen molar-refractivity contribution in [3.63, 3.8) is 0 Å². The second-order valence-corrected chi connectivity index (χ2v) is 5.96. The van der Waals surface area contributed by atoms with E-state index in [0.29, 0.717) is 5.92 Å². The second kappa shape index (κ2) is 6.38. The minimum atomic E-state index is 0.209. The molecule has 1 atom stereocenters. The highest BCUT2D eigenvalue weighted by Crippen LogP contribution is 2.28. The highest BCUT2D eigenvalue weighted by Gasteiger charge is 2.21. The van der Waals surface area contributed by atoms with Crippen molar-refractivity contribution in [1.29, 1.82) is 0 Å². The van der Waals surface area contributed by atoms with Crippen molar-refractivity contribution < 1.29 is 4.79 Å². The van der Waals surface area contributed by atoms with Gasteiger partial charge in [0.05, 0.1) is 0 Å². The molecule has 2 rings (SSSR count). The fourth-order valence-corrected chi connectivity index (χ4v) is 2.99. The minimum absolute atomic E-state index is 0.209. The lowest BCUT2D eigenvalue weighted by Gasteiger charge is -2.35. The van der Waals surface area contributed by atoms with Crippen molar-refractivity contribution >= 4 is 5.91 Å². The summed E-state index contributed by atoms with van der Waals surface area (Å²) in [6, 6.07) is 0. The topological polar surface area (TPSA) is 23.6 Å². The van der Waals surface area contributed by atoms with E-state index in [1.807, 2.05) is 4.90 Å². The second-order valence-electron chi connectivity index (χ2n) is 5.96. The van der Waals surface area contributed by atoms with Gasteiger partial charge in [-0.25, -0.2) is 0 Å². The molecule has 1 heterocycles. The Labute approximate surface area is 117 Å². The number of amides is 1. The van der Waals surface area contributed by atoms with Crippen LogP contribution in [0.5, 0.6) is 0 Å². The summed E-state index contributed by atoms with van der Waals surface area (Å²) in [6.45, 7) is 12.8. The molecular formula is C16H26N2O. The average Bonchev–Trinajstić information content (AvgIpc) is 2.40. The van der Waals surface area contributed by atoms with Crippen LogP contribution < -0.4 is 0 Å². The summed E-state index contributed by atoms with van der Waals surface area (Å²) < 4.78 is 0. The molecule has 0 spiro atoms. The Hall–Kier alpha value is -1.09. The summed E-state index contributed by atoms with van der Waals surface area (Å²) in [5.74, 6) is 0.902. The van der Waals surface area contributed by atoms with Crippen molar-refractivity contribution in [2.75, 3.05) is 32.7 Å². The third-order valence-corrected chi connectivity index (χ3v) is 4.45. The minimum Gasteiger partial charge on any atom is -0.340 e. The monoisotopic (exact) mass is 262 g/mol. The predicted molar refractivity (Wildman–Crippen MR) is 78.9 cm³/mol. The maximum absolute atomic E-state index is 11.3. The standard InChI is InChI=1S/C16H26N2O/c1-13(2)16-6-4-15(5-7-16)12-17-8-10-18(11-9-17)14(3)19/h4,16H,1,5-12H2,2-3H3. The van der Waals surface area contributed by atoms with Gasteiger partial charge < -0.3 is 4.90 Å². The number of nitrogens with zero attached hydrogens (tertiary/aromatic N) is 2. The van der Waals surface area contributed by atoms with Gasteiger partial charge in [-0.2, -0.15) is 0 Å². The van der Waals surface area contributed by atoms with E-state index in [9.17, 15) is 4.79 Å². The van der Waals surface area contributed by atoms with Crippen LogP contribution in [-0.4, -0.2) is 48.4 Å². The van der Waals surface area contributed by atoms with Crippen LogP contribution >= 0.6 is 0 Å². The third-order valence-electron chi connectivity index (χ3n) is 4.45. The van der Waals surface area contributed by atoms with Crippen LogP contribution in [0.15, 0.2) is 23.8 Å². The van der Waals surface area contributed by atoms with Gasteiger partial charge >= 0.3 is 0 Å². The summed E-state index contributed by atoms with van der Waals surface area (Å²) >= 11 is 0. The van der Waals surface area contributed by atoms with Crippen LogP contribution in [-0.2, 0) is 4.79 Å². The van der Waals surface area contributed by atoms with Crippen LogP contribution in [0.4, 0.5) is 0 Å². The molecular weight excluding hydrogens is 236 g/mol. The zero-order chi connectivity index (χ0) is 13.8. The quantitative estimate of drug-likeness (QED) is 0.729. The SMILES string of the molecule is C=C(C)C1CC=C(CN2CCN(C(C)=O)CC2)CC1. The van der Waals surface area contributed by atoms with Gasteiger partial charge in [0.25, 0.3) is 0 Å². The number of piperazine rings is 1. The number of allylic oxidation sites excluding steroid dienone is 2. The van der Waals surface area contributed by atoms with Crippen LogP contribution in [0.3, 0.4) is 0 Å². The lowest BCUT2D eigenvalue weighted by molar-refractivity contribution is -0.130. The van der Waals surface area contributed by atoms with Crippen LogP contribution in [0.25, 0.3) is 0 Å². The molecule has 3 heteroatoms. The molecule has 1 aliphatic carbocycles. The van der Waals surface area contributed by atoms with Gasteiger partial charge in [0.15, 0.2) is 0 Å². The van der Waals surface area contributed by atoms with E-state index in [-0.39, 0.29) is 5.91 Å². The van der Waals surface area contributed by atoms with Crippen LogP contribution in [0, 0.1) is 5.92 Å². The maximum Gasteiger partial charge on any atom is 0.219 e. The molecule has 0 saturated carbocycles. The van der Waals surface area contributed by atoms with Crippen molar-refractivity contribution in [3.05, 3.63) is 23.8 Å². The van der Waals surface area contributed by atoms with Crippen LogP contribution in [0.1, 0.15) is 33.1 Å². The normalized spacial score (nSPS) is 25.1. The molecule has 1 aliphatic heterocycles. The van der Waals surface area contributed by atoms with E-state index in [1.165, 1.54) is 18.4 Å². The van der Waals surface area contributed by atoms with E-state index < -0.39 is 0 Å². The van der Waals surface area contributed by atoms with Gasteiger partial charge in [-0.05, 0) is 32.1 Å². The van der Waals surface area contributed by atoms with Gasteiger partial charge in [-0.3, -0.25) is 9.69 Å². The van der Waals surface area contributed by atoms with Crippen molar-refractivity contribution in [1.82, 2.24) is 9.80 Å². The van der Waals surface area contributed by atoms with E-state index in [1.54, 1.807) is 12.5 Å². The summed E-state index contributed by atoms with van der Waals surface area (Å²) in [5, 5.41) is 0. The predicted octanol–water partition coefficient (Wildman–Crippen LogP) is 2.45. The van der Waals surface area contributed by atoms with Gasteiger partial charge in [0, 0.05) is 39.6 Å². The molecule has 1 amide bonds. The van der Waals surface area contributed by atoms with Gasteiger partial charge in [-0.1, -0.05) is 23.8 Å². The van der Waals surface area contributed by atoms with Gasteiger partial charge in [0.2, 0.25) is 5.91 Å². The summed E-state index contributed by atoms with van der Waals surface area (Å²) in [7, 11) is 0. The number of carbonyl (C=O) groups excluding carboxylic acids is 1. The third kappa shape index (κ3) is 3.93. The molecule has 19 heavy (non-hydrogen) atoms. The molecule has 1 unspecified atom stereocenters. The molecule has 0 radical (unpaired) electrons. The summed E-state index contributed by atoms with van der Waals surface area (Å²) in [6.07, 6.45) is 6.05. The molecule has 3 nitrogen and oxygen atoms in total. The van der Waals surface area contributed by atoms with E-state index >= 15 is 0 Å². The van der Waals surface area contributed by atoms with Crippen molar-refractivity contribution in [2.45, 2.75) is 33.1 Å². The Kier molecular flexibility index (Phi) is 4.81. The number of hydrogen-bond acceptors (Lipinski definition) is 2. The Bertz CT molecular complexity index is 378. The molecule has 1 fully saturated rings. The summed E-state index contributed by atoms with van der Waals surface area (Å²) in [5.41, 5.74) is 2.90. The Morgan fingerprint density at radius 2 is 2.00 bits per heavy atom. The number of hydrogen-bond donors (Lipinski definition) is 0.